The van der Waals surface area contributed by atoms with Crippen LogP contribution in [0.5, 0.6) is 0 Å². The Morgan fingerprint density at radius 3 is 2.56 bits per heavy atom. The van der Waals surface area contributed by atoms with Crippen LogP contribution >= 0.6 is 0 Å². The Hall–Kier alpha value is -2.17. The number of imidazole rings is 1. The van der Waals surface area contributed by atoms with Gasteiger partial charge < -0.3 is 9.47 Å². The SMILES string of the molecule is O=C(C1CCCC1)N(Cc1nccn1Cc1ccc(F)cc1)C1CC1. The first kappa shape index (κ1) is 16.3. The second kappa shape index (κ2) is 6.98. The van der Waals surface area contributed by atoms with E-state index in [1.165, 1.54) is 25.0 Å². The fourth-order valence-corrected chi connectivity index (χ4v) is 3.75. The molecule has 132 valence electrons. The molecule has 1 aromatic carbocycles. The van der Waals surface area contributed by atoms with E-state index in [0.29, 0.717) is 25.0 Å². The summed E-state index contributed by atoms with van der Waals surface area (Å²) in [6, 6.07) is 6.94. The molecule has 1 amide bonds. The summed E-state index contributed by atoms with van der Waals surface area (Å²) in [5.74, 6) is 1.21. The summed E-state index contributed by atoms with van der Waals surface area (Å²) in [7, 11) is 0. The number of aromatic nitrogens is 2. The Morgan fingerprint density at radius 2 is 1.88 bits per heavy atom. The molecule has 4 nitrogen and oxygen atoms in total. The Balaban J connectivity index is 1.48. The van der Waals surface area contributed by atoms with E-state index in [1.807, 2.05) is 6.20 Å². The van der Waals surface area contributed by atoms with E-state index in [2.05, 4.69) is 14.5 Å². The molecular weight excluding hydrogens is 317 g/mol. The van der Waals surface area contributed by atoms with Gasteiger partial charge in [0.05, 0.1) is 6.54 Å². The third-order valence-electron chi connectivity index (χ3n) is 5.35. The molecule has 0 unspecified atom stereocenters. The van der Waals surface area contributed by atoms with Crippen molar-refractivity contribution in [2.45, 2.75) is 57.7 Å². The quantitative estimate of drug-likeness (QED) is 0.802. The van der Waals surface area contributed by atoms with E-state index in [1.54, 1.807) is 18.3 Å². The zero-order chi connectivity index (χ0) is 17.2. The molecule has 1 heterocycles. The molecule has 1 aromatic heterocycles. The first-order valence-corrected chi connectivity index (χ1v) is 9.25. The summed E-state index contributed by atoms with van der Waals surface area (Å²) in [5, 5.41) is 0. The molecule has 0 radical (unpaired) electrons. The van der Waals surface area contributed by atoms with Crippen molar-refractivity contribution in [3.63, 3.8) is 0 Å². The smallest absolute Gasteiger partial charge is 0.226 e. The number of hydrogen-bond acceptors (Lipinski definition) is 2. The summed E-state index contributed by atoms with van der Waals surface area (Å²) in [6.07, 6.45) is 10.3. The molecule has 0 atom stereocenters. The normalized spacial score (nSPS) is 17.8. The summed E-state index contributed by atoms with van der Waals surface area (Å²) in [5.41, 5.74) is 1.03. The van der Waals surface area contributed by atoms with Crippen LogP contribution in [0.3, 0.4) is 0 Å². The van der Waals surface area contributed by atoms with Crippen LogP contribution in [-0.2, 0) is 17.9 Å². The summed E-state index contributed by atoms with van der Waals surface area (Å²) >= 11 is 0. The Labute approximate surface area is 147 Å². The van der Waals surface area contributed by atoms with E-state index in [4.69, 9.17) is 0 Å². The standard InChI is InChI=1S/C20H24FN3O/c21-17-7-5-15(6-8-17)13-23-12-11-22-19(23)14-24(18-9-10-18)20(25)16-3-1-2-4-16/h5-8,11-12,16,18H,1-4,9-10,13-14H2. The summed E-state index contributed by atoms with van der Waals surface area (Å²) in [6.45, 7) is 1.22. The van der Waals surface area contributed by atoms with Crippen molar-refractivity contribution in [3.05, 3.63) is 53.9 Å². The molecule has 4 rings (SSSR count). The number of hydrogen-bond donors (Lipinski definition) is 0. The van der Waals surface area contributed by atoms with E-state index >= 15 is 0 Å². The van der Waals surface area contributed by atoms with Crippen LogP contribution < -0.4 is 0 Å². The topological polar surface area (TPSA) is 38.1 Å². The van der Waals surface area contributed by atoms with E-state index in [-0.39, 0.29) is 11.7 Å². The molecule has 0 bridgehead atoms. The van der Waals surface area contributed by atoms with Gasteiger partial charge in [0.2, 0.25) is 5.91 Å². The second-order valence-electron chi connectivity index (χ2n) is 7.28. The van der Waals surface area contributed by atoms with Crippen molar-refractivity contribution in [2.24, 2.45) is 5.92 Å². The van der Waals surface area contributed by atoms with E-state index in [0.717, 1.165) is 37.1 Å². The van der Waals surface area contributed by atoms with Crippen molar-refractivity contribution in [2.75, 3.05) is 0 Å². The van der Waals surface area contributed by atoms with Crippen LogP contribution in [0, 0.1) is 11.7 Å². The highest BCUT2D eigenvalue weighted by atomic mass is 19.1. The van der Waals surface area contributed by atoms with Crippen LogP contribution in [0.4, 0.5) is 4.39 Å². The zero-order valence-electron chi connectivity index (χ0n) is 14.4. The maximum absolute atomic E-state index is 13.1. The average Bonchev–Trinajstić information content (AvgIpc) is 3.13. The Kier molecular flexibility index (Phi) is 4.55. The number of nitrogens with zero attached hydrogens (tertiary/aromatic N) is 3. The van der Waals surface area contributed by atoms with Gasteiger partial charge in [0.25, 0.3) is 0 Å². The van der Waals surface area contributed by atoms with Crippen LogP contribution in [-0.4, -0.2) is 26.4 Å². The lowest BCUT2D eigenvalue weighted by atomic mass is 10.1. The van der Waals surface area contributed by atoms with Gasteiger partial charge in [-0.05, 0) is 43.4 Å². The van der Waals surface area contributed by atoms with Crippen molar-refractivity contribution in [3.8, 4) is 0 Å². The molecule has 2 aromatic rings. The van der Waals surface area contributed by atoms with Gasteiger partial charge in [0.1, 0.15) is 11.6 Å². The van der Waals surface area contributed by atoms with Crippen LogP contribution in [0.25, 0.3) is 0 Å². The molecule has 2 aliphatic carbocycles. The molecule has 0 saturated heterocycles. The molecule has 0 spiro atoms. The fraction of sp³-hybridized carbons (Fsp3) is 0.500. The number of amides is 1. The molecule has 2 aliphatic rings. The highest BCUT2D eigenvalue weighted by Crippen LogP contribution is 2.33. The number of carbonyl (C=O) groups excluding carboxylic acids is 1. The van der Waals surface area contributed by atoms with Crippen molar-refractivity contribution in [1.82, 2.24) is 14.5 Å². The van der Waals surface area contributed by atoms with Crippen LogP contribution in [0.2, 0.25) is 0 Å². The summed E-state index contributed by atoms with van der Waals surface area (Å²) < 4.78 is 15.1. The molecular formula is C20H24FN3O. The van der Waals surface area contributed by atoms with Gasteiger partial charge in [-0.1, -0.05) is 25.0 Å². The number of carbonyl (C=O) groups is 1. The molecule has 0 aliphatic heterocycles. The second-order valence-corrected chi connectivity index (χ2v) is 7.28. The number of rotatable bonds is 6. The van der Waals surface area contributed by atoms with E-state index < -0.39 is 0 Å². The van der Waals surface area contributed by atoms with Gasteiger partial charge in [-0.2, -0.15) is 0 Å². The van der Waals surface area contributed by atoms with Gasteiger partial charge in [0, 0.05) is 30.9 Å². The molecule has 5 heteroatoms. The Morgan fingerprint density at radius 1 is 1.16 bits per heavy atom. The van der Waals surface area contributed by atoms with Gasteiger partial charge in [-0.15, -0.1) is 0 Å². The minimum atomic E-state index is -0.225. The predicted molar refractivity (Wildman–Crippen MR) is 93.3 cm³/mol. The molecule has 25 heavy (non-hydrogen) atoms. The minimum absolute atomic E-state index is 0.209. The molecule has 2 fully saturated rings. The fourth-order valence-electron chi connectivity index (χ4n) is 3.75. The highest BCUT2D eigenvalue weighted by Gasteiger charge is 2.37. The van der Waals surface area contributed by atoms with Crippen LogP contribution in [0.15, 0.2) is 36.7 Å². The predicted octanol–water partition coefficient (Wildman–Crippen LogP) is 3.75. The van der Waals surface area contributed by atoms with Gasteiger partial charge in [-0.3, -0.25) is 4.79 Å². The first-order chi connectivity index (χ1) is 12.2. The van der Waals surface area contributed by atoms with Gasteiger partial charge in [0.15, 0.2) is 0 Å². The number of halogens is 1. The lowest BCUT2D eigenvalue weighted by Gasteiger charge is -2.25. The van der Waals surface area contributed by atoms with Gasteiger partial charge >= 0.3 is 0 Å². The molecule has 2 saturated carbocycles. The lowest BCUT2D eigenvalue weighted by molar-refractivity contribution is -0.136. The first-order valence-electron chi connectivity index (χ1n) is 9.25. The average molecular weight is 341 g/mol. The largest absolute Gasteiger partial charge is 0.332 e. The third kappa shape index (κ3) is 3.75. The maximum Gasteiger partial charge on any atom is 0.226 e. The lowest BCUT2D eigenvalue weighted by Crippen LogP contribution is -2.37. The highest BCUT2D eigenvalue weighted by molar-refractivity contribution is 5.79. The van der Waals surface area contributed by atoms with Crippen molar-refractivity contribution in [1.29, 1.82) is 0 Å². The zero-order valence-corrected chi connectivity index (χ0v) is 14.4. The third-order valence-corrected chi connectivity index (χ3v) is 5.35. The van der Waals surface area contributed by atoms with Gasteiger partial charge in [-0.25, -0.2) is 9.37 Å². The van der Waals surface area contributed by atoms with Crippen LogP contribution in [0.1, 0.15) is 49.9 Å². The molecule has 0 N–H and O–H groups in total. The van der Waals surface area contributed by atoms with Crippen molar-refractivity contribution < 1.29 is 9.18 Å². The Bertz CT molecular complexity index is 730. The number of benzene rings is 1. The monoisotopic (exact) mass is 341 g/mol. The van der Waals surface area contributed by atoms with E-state index in [9.17, 15) is 9.18 Å². The summed E-state index contributed by atoms with van der Waals surface area (Å²) in [4.78, 5) is 19.4. The maximum atomic E-state index is 13.1. The van der Waals surface area contributed by atoms with Crippen molar-refractivity contribution >= 4 is 5.91 Å². The minimum Gasteiger partial charge on any atom is -0.332 e.